The molecule has 0 aliphatic heterocycles. The molecule has 0 bridgehead atoms. The van der Waals surface area contributed by atoms with E-state index in [-0.39, 0.29) is 12.3 Å². The summed E-state index contributed by atoms with van der Waals surface area (Å²) in [6, 6.07) is 14.7. The fourth-order valence-electron chi connectivity index (χ4n) is 3.58. The average Bonchev–Trinajstić information content (AvgIpc) is 3.17. The number of aromatic hydroxyl groups is 1. The zero-order chi connectivity index (χ0) is 19.8. The number of thiol groups is 1. The Kier molecular flexibility index (Phi) is 4.66. The molecule has 0 saturated heterocycles. The van der Waals surface area contributed by atoms with Gasteiger partial charge >= 0.3 is 0 Å². The molecule has 4 aromatic rings. The molecule has 0 radical (unpaired) electrons. The lowest BCUT2D eigenvalue weighted by molar-refractivity contribution is 0.393. The number of aromatic nitrogens is 2. The summed E-state index contributed by atoms with van der Waals surface area (Å²) in [6.45, 7) is 3.83. The van der Waals surface area contributed by atoms with E-state index in [1.165, 1.54) is 0 Å². The van der Waals surface area contributed by atoms with E-state index in [0.717, 1.165) is 33.4 Å². The molecular weight excluding hydrogens is 378 g/mol. The molecular formula is C20H19N3O4S. The van der Waals surface area contributed by atoms with Gasteiger partial charge in [0.25, 0.3) is 0 Å². The summed E-state index contributed by atoms with van der Waals surface area (Å²) in [7, 11) is -2.75. The number of rotatable bonds is 5. The number of benzene rings is 2. The van der Waals surface area contributed by atoms with Crippen LogP contribution in [0.5, 0.6) is 5.75 Å². The van der Waals surface area contributed by atoms with Gasteiger partial charge < -0.3 is 14.2 Å². The number of hydrogen-bond acceptors (Lipinski definition) is 5. The van der Waals surface area contributed by atoms with Crippen molar-refractivity contribution >= 4 is 21.8 Å². The highest BCUT2D eigenvalue weighted by Gasteiger charge is 2.24. The third-order valence-corrected chi connectivity index (χ3v) is 5.16. The van der Waals surface area contributed by atoms with Crippen molar-refractivity contribution in [3.8, 4) is 22.7 Å². The summed E-state index contributed by atoms with van der Waals surface area (Å²) in [5, 5.41) is 14.7. The molecule has 0 aliphatic carbocycles. The Bertz CT molecular complexity index is 1210. The summed E-state index contributed by atoms with van der Waals surface area (Å²) < 4.78 is 32.4. The predicted octanol–water partition coefficient (Wildman–Crippen LogP) is 3.22. The van der Waals surface area contributed by atoms with Gasteiger partial charge in [-0.05, 0) is 44.2 Å². The maximum atomic E-state index is 11.2. The molecule has 0 atom stereocenters. The van der Waals surface area contributed by atoms with E-state index in [1.807, 2.05) is 54.8 Å². The lowest BCUT2D eigenvalue weighted by Crippen LogP contribution is -2.11. The molecule has 7 nitrogen and oxygen atoms in total. The van der Waals surface area contributed by atoms with Crippen molar-refractivity contribution < 1.29 is 18.0 Å². The minimum atomic E-state index is -2.75. The number of phenols is 1. The molecule has 2 N–H and O–H groups in total. The van der Waals surface area contributed by atoms with Crippen molar-refractivity contribution in [1.29, 1.82) is 0 Å². The fourth-order valence-corrected chi connectivity index (χ4v) is 3.87. The minimum Gasteiger partial charge on any atom is -0.508 e. The molecule has 144 valence electrons. The zero-order valence-corrected chi connectivity index (χ0v) is 16.2. The lowest BCUT2D eigenvalue weighted by atomic mass is 10.0. The topological polar surface area (TPSA) is 97.4 Å². The number of nitrogens with one attached hydrogen (secondary N) is 1. The van der Waals surface area contributed by atoms with Gasteiger partial charge in [-0.25, -0.2) is 13.1 Å². The van der Waals surface area contributed by atoms with Gasteiger partial charge in [0.15, 0.2) is 0 Å². The van der Waals surface area contributed by atoms with E-state index in [1.54, 1.807) is 12.1 Å². The molecule has 0 amide bonds. The molecule has 8 heteroatoms. The highest BCUT2D eigenvalue weighted by molar-refractivity contribution is 7.70. The third kappa shape index (κ3) is 3.06. The second-order valence-corrected chi connectivity index (χ2v) is 7.32. The molecule has 2 aromatic carbocycles. The lowest BCUT2D eigenvalue weighted by Gasteiger charge is -2.13. The number of aryl methyl sites for hydroxylation is 2. The molecule has 4 rings (SSSR count). The number of fused-ring (bicyclic) bond motifs is 1. The standard InChI is InChI=1S/C20H19N3O4S/c1-12-19(13(2)27-22-12)20-17(11-21-28(25)26)16-5-3-4-6-18(16)23(20)14-7-9-15(24)10-8-14/h3-10,24,28H,11H2,1-2H3,(H,21,25,26). The Hall–Kier alpha value is -3.10. The Labute approximate surface area is 163 Å². The van der Waals surface area contributed by atoms with Crippen LogP contribution < -0.4 is 4.72 Å². The third-order valence-electron chi connectivity index (χ3n) is 4.74. The number of nitrogens with zero attached hydrogens (tertiary/aromatic N) is 2. The summed E-state index contributed by atoms with van der Waals surface area (Å²) in [6.07, 6.45) is 0. The smallest absolute Gasteiger partial charge is 0.201 e. The van der Waals surface area contributed by atoms with E-state index in [0.29, 0.717) is 11.5 Å². The van der Waals surface area contributed by atoms with Crippen LogP contribution >= 0.6 is 0 Å². The molecule has 2 heterocycles. The minimum absolute atomic E-state index is 0.143. The normalized spacial score (nSPS) is 11.5. The average molecular weight is 397 g/mol. The van der Waals surface area contributed by atoms with Gasteiger partial charge in [-0.2, -0.15) is 0 Å². The Morgan fingerprint density at radius 2 is 1.82 bits per heavy atom. The van der Waals surface area contributed by atoms with Crippen molar-refractivity contribution in [3.63, 3.8) is 0 Å². The van der Waals surface area contributed by atoms with Crippen LogP contribution in [0.3, 0.4) is 0 Å². The predicted molar refractivity (Wildman–Crippen MR) is 107 cm³/mol. The highest BCUT2D eigenvalue weighted by Crippen LogP contribution is 2.39. The Morgan fingerprint density at radius 3 is 2.46 bits per heavy atom. The van der Waals surface area contributed by atoms with Crippen LogP contribution in [0.1, 0.15) is 17.0 Å². The van der Waals surface area contributed by atoms with E-state index < -0.39 is 10.9 Å². The highest BCUT2D eigenvalue weighted by atomic mass is 32.2. The Morgan fingerprint density at radius 1 is 1.11 bits per heavy atom. The quantitative estimate of drug-likeness (QED) is 0.449. The molecule has 0 saturated carbocycles. The monoisotopic (exact) mass is 397 g/mol. The van der Waals surface area contributed by atoms with E-state index in [9.17, 15) is 13.5 Å². The molecule has 0 aliphatic rings. The fraction of sp³-hybridized carbons (Fsp3) is 0.150. The van der Waals surface area contributed by atoms with Crippen LogP contribution in [0.25, 0.3) is 27.8 Å². The second-order valence-electron chi connectivity index (χ2n) is 6.49. The van der Waals surface area contributed by atoms with Gasteiger partial charge in [-0.3, -0.25) is 0 Å². The molecule has 2 aromatic heterocycles. The van der Waals surface area contributed by atoms with E-state index in [2.05, 4.69) is 9.88 Å². The number of phenolic OH excluding ortho intramolecular Hbond substituents is 1. The van der Waals surface area contributed by atoms with E-state index in [4.69, 9.17) is 4.52 Å². The molecule has 28 heavy (non-hydrogen) atoms. The first-order chi connectivity index (χ1) is 13.5. The van der Waals surface area contributed by atoms with Crippen molar-refractivity contribution in [3.05, 3.63) is 65.5 Å². The van der Waals surface area contributed by atoms with Crippen LogP contribution in [0, 0.1) is 13.8 Å². The van der Waals surface area contributed by atoms with Gasteiger partial charge in [0.1, 0.15) is 11.5 Å². The van der Waals surface area contributed by atoms with Crippen molar-refractivity contribution in [2.45, 2.75) is 20.4 Å². The van der Waals surface area contributed by atoms with Gasteiger partial charge in [0.05, 0.1) is 22.5 Å². The molecule has 0 fully saturated rings. The zero-order valence-electron chi connectivity index (χ0n) is 15.3. The SMILES string of the molecule is Cc1noc(C)c1-c1c(CN[SH](=O)=O)c2ccccc2n1-c1ccc(O)cc1. The molecule has 0 spiro atoms. The summed E-state index contributed by atoms with van der Waals surface area (Å²) in [5.74, 6) is 0.817. The largest absolute Gasteiger partial charge is 0.508 e. The van der Waals surface area contributed by atoms with Crippen LogP contribution in [0.15, 0.2) is 53.1 Å². The Balaban J connectivity index is 2.11. The first-order valence-corrected chi connectivity index (χ1v) is 9.88. The van der Waals surface area contributed by atoms with Crippen LogP contribution in [-0.4, -0.2) is 23.2 Å². The first-order valence-electron chi connectivity index (χ1n) is 8.70. The van der Waals surface area contributed by atoms with Crippen LogP contribution in [0.4, 0.5) is 0 Å². The number of hydrogen-bond donors (Lipinski definition) is 3. The maximum Gasteiger partial charge on any atom is 0.201 e. The van der Waals surface area contributed by atoms with Crippen molar-refractivity contribution in [2.75, 3.05) is 0 Å². The summed E-state index contributed by atoms with van der Waals surface area (Å²) in [4.78, 5) is 0. The van der Waals surface area contributed by atoms with Gasteiger partial charge in [0, 0.05) is 23.2 Å². The second kappa shape index (κ2) is 7.14. The summed E-state index contributed by atoms with van der Waals surface area (Å²) >= 11 is 0. The van der Waals surface area contributed by atoms with Crippen molar-refractivity contribution in [1.82, 2.24) is 14.4 Å². The molecule has 0 unspecified atom stereocenters. The first kappa shape index (κ1) is 18.3. The van der Waals surface area contributed by atoms with Gasteiger partial charge in [0.2, 0.25) is 10.9 Å². The maximum absolute atomic E-state index is 11.2. The van der Waals surface area contributed by atoms with Crippen LogP contribution in [0.2, 0.25) is 0 Å². The van der Waals surface area contributed by atoms with E-state index >= 15 is 0 Å². The van der Waals surface area contributed by atoms with Gasteiger partial charge in [-0.1, -0.05) is 23.4 Å². The van der Waals surface area contributed by atoms with Crippen LogP contribution in [-0.2, 0) is 17.4 Å². The number of para-hydroxylation sites is 1. The van der Waals surface area contributed by atoms with Crippen molar-refractivity contribution in [2.24, 2.45) is 0 Å². The van der Waals surface area contributed by atoms with Gasteiger partial charge in [-0.15, -0.1) is 0 Å². The summed E-state index contributed by atoms with van der Waals surface area (Å²) in [5.41, 5.74) is 4.93.